The van der Waals surface area contributed by atoms with Crippen LogP contribution in [0.4, 0.5) is 5.69 Å². The Kier molecular flexibility index (Phi) is 6.80. The first-order chi connectivity index (χ1) is 11.0. The van der Waals surface area contributed by atoms with Crippen molar-refractivity contribution in [3.05, 3.63) is 34.6 Å². The van der Waals surface area contributed by atoms with Crippen LogP contribution in [0.1, 0.15) is 18.3 Å². The third-order valence-corrected chi connectivity index (χ3v) is 5.45. The van der Waals surface area contributed by atoms with Crippen molar-refractivity contribution in [3.63, 3.8) is 0 Å². The van der Waals surface area contributed by atoms with Crippen molar-refractivity contribution in [2.45, 2.75) is 24.8 Å². The van der Waals surface area contributed by atoms with Crippen LogP contribution in [-0.2, 0) is 17.6 Å². The highest BCUT2D eigenvalue weighted by Gasteiger charge is 2.11. The molecule has 0 bridgehead atoms. The number of carbonyl (C=O) groups is 1. The molecule has 1 aromatic carbocycles. The van der Waals surface area contributed by atoms with Gasteiger partial charge in [0.15, 0.2) is 5.16 Å². The summed E-state index contributed by atoms with van der Waals surface area (Å²) in [5, 5.41) is 12.5. The first kappa shape index (κ1) is 18.2. The molecule has 0 fully saturated rings. The van der Waals surface area contributed by atoms with E-state index < -0.39 is 0 Å². The van der Waals surface area contributed by atoms with Crippen molar-refractivity contribution in [3.8, 4) is 0 Å². The van der Waals surface area contributed by atoms with Gasteiger partial charge in [-0.15, -0.1) is 10.2 Å². The average Bonchev–Trinajstić information content (AvgIpc) is 2.87. The van der Waals surface area contributed by atoms with Crippen LogP contribution in [-0.4, -0.2) is 32.2 Å². The molecule has 0 aliphatic carbocycles. The van der Waals surface area contributed by atoms with Crippen molar-refractivity contribution in [2.24, 2.45) is 7.05 Å². The minimum atomic E-state index is -0.0950. The summed E-state index contributed by atoms with van der Waals surface area (Å²) in [7, 11) is 1.92. The minimum Gasteiger partial charge on any atom is -0.325 e. The molecule has 124 valence electrons. The number of rotatable bonds is 7. The van der Waals surface area contributed by atoms with Gasteiger partial charge in [0.1, 0.15) is 5.82 Å². The number of carbonyl (C=O) groups excluding carboxylic acids is 1. The van der Waals surface area contributed by atoms with Crippen molar-refractivity contribution in [1.29, 1.82) is 0 Å². The second kappa shape index (κ2) is 8.61. The van der Waals surface area contributed by atoms with E-state index in [0.29, 0.717) is 10.7 Å². The predicted octanol–water partition coefficient (Wildman–Crippen LogP) is 3.76. The molecule has 8 heteroatoms. The second-order valence-electron chi connectivity index (χ2n) is 4.90. The fourth-order valence-corrected chi connectivity index (χ4v) is 3.34. The molecule has 0 radical (unpaired) electrons. The Bertz CT molecular complexity index is 690. The standard InChI is InChI=1S/C15H19ClN4OS2/c1-4-22-8-13-18-19-15(20(13)3)23-9-14(21)17-11-6-5-10(2)12(16)7-11/h5-7H,4,8-9H2,1-3H3,(H,17,21). The lowest BCUT2D eigenvalue weighted by molar-refractivity contribution is -0.113. The van der Waals surface area contributed by atoms with Crippen LogP contribution < -0.4 is 5.32 Å². The number of aryl methyl sites for hydroxylation is 1. The summed E-state index contributed by atoms with van der Waals surface area (Å²) in [5.74, 6) is 2.97. The Balaban J connectivity index is 1.89. The van der Waals surface area contributed by atoms with E-state index in [9.17, 15) is 4.79 Å². The van der Waals surface area contributed by atoms with E-state index >= 15 is 0 Å². The topological polar surface area (TPSA) is 59.8 Å². The molecule has 0 saturated heterocycles. The summed E-state index contributed by atoms with van der Waals surface area (Å²) in [6.45, 7) is 4.03. The Morgan fingerprint density at radius 1 is 1.39 bits per heavy atom. The van der Waals surface area contributed by atoms with Crippen LogP contribution in [0.5, 0.6) is 0 Å². The molecule has 0 spiro atoms. The van der Waals surface area contributed by atoms with Crippen LogP contribution >= 0.6 is 35.1 Å². The van der Waals surface area contributed by atoms with Gasteiger partial charge in [-0.1, -0.05) is 36.4 Å². The lowest BCUT2D eigenvalue weighted by atomic mass is 10.2. The monoisotopic (exact) mass is 370 g/mol. The van der Waals surface area contributed by atoms with E-state index in [1.807, 2.05) is 30.7 Å². The summed E-state index contributed by atoms with van der Waals surface area (Å²) < 4.78 is 1.93. The van der Waals surface area contributed by atoms with E-state index in [1.54, 1.807) is 17.8 Å². The van der Waals surface area contributed by atoms with Gasteiger partial charge in [0.2, 0.25) is 5.91 Å². The molecule has 5 nitrogen and oxygen atoms in total. The Labute approximate surface area is 149 Å². The zero-order valence-electron chi connectivity index (χ0n) is 13.3. The highest BCUT2D eigenvalue weighted by Crippen LogP contribution is 2.21. The van der Waals surface area contributed by atoms with Crippen molar-refractivity contribution < 1.29 is 4.79 Å². The molecule has 1 N–H and O–H groups in total. The second-order valence-corrected chi connectivity index (χ2v) is 7.52. The molecule has 23 heavy (non-hydrogen) atoms. The van der Waals surface area contributed by atoms with E-state index in [2.05, 4.69) is 22.4 Å². The summed E-state index contributed by atoms with van der Waals surface area (Å²) >= 11 is 9.22. The summed E-state index contributed by atoms with van der Waals surface area (Å²) in [6.07, 6.45) is 0. The van der Waals surface area contributed by atoms with Gasteiger partial charge in [-0.2, -0.15) is 11.8 Å². The summed E-state index contributed by atoms with van der Waals surface area (Å²) in [5.41, 5.74) is 1.68. The highest BCUT2D eigenvalue weighted by atomic mass is 35.5. The van der Waals surface area contributed by atoms with Gasteiger partial charge in [-0.25, -0.2) is 0 Å². The maximum atomic E-state index is 12.0. The molecule has 2 rings (SSSR count). The number of thioether (sulfide) groups is 2. The molecular weight excluding hydrogens is 352 g/mol. The molecule has 0 aliphatic rings. The Morgan fingerprint density at radius 2 is 2.17 bits per heavy atom. The van der Waals surface area contributed by atoms with Crippen LogP contribution in [0.2, 0.25) is 5.02 Å². The molecule has 0 atom stereocenters. The first-order valence-corrected chi connectivity index (χ1v) is 9.68. The maximum Gasteiger partial charge on any atom is 0.234 e. The fraction of sp³-hybridized carbons (Fsp3) is 0.400. The number of anilines is 1. The number of halogens is 1. The fourth-order valence-electron chi connectivity index (χ4n) is 1.79. The first-order valence-electron chi connectivity index (χ1n) is 7.16. The number of hydrogen-bond acceptors (Lipinski definition) is 5. The van der Waals surface area contributed by atoms with E-state index in [0.717, 1.165) is 28.0 Å². The van der Waals surface area contributed by atoms with Crippen LogP contribution in [0, 0.1) is 6.92 Å². The quantitative estimate of drug-likeness (QED) is 0.752. The van der Waals surface area contributed by atoms with Gasteiger partial charge in [0.05, 0.1) is 11.5 Å². The number of hydrogen-bond donors (Lipinski definition) is 1. The van der Waals surface area contributed by atoms with E-state index in [4.69, 9.17) is 11.6 Å². The minimum absolute atomic E-state index is 0.0950. The molecule has 0 aliphatic heterocycles. The largest absolute Gasteiger partial charge is 0.325 e. The van der Waals surface area contributed by atoms with Crippen LogP contribution in [0.3, 0.4) is 0 Å². The number of aromatic nitrogens is 3. The smallest absolute Gasteiger partial charge is 0.234 e. The van der Waals surface area contributed by atoms with E-state index in [-0.39, 0.29) is 11.7 Å². The van der Waals surface area contributed by atoms with E-state index in [1.165, 1.54) is 11.8 Å². The predicted molar refractivity (Wildman–Crippen MR) is 98.4 cm³/mol. The number of nitrogens with zero attached hydrogens (tertiary/aromatic N) is 3. The summed E-state index contributed by atoms with van der Waals surface area (Å²) in [6, 6.07) is 5.47. The molecule has 1 heterocycles. The zero-order valence-corrected chi connectivity index (χ0v) is 15.7. The molecule has 0 saturated carbocycles. The SMILES string of the molecule is CCSCc1nnc(SCC(=O)Nc2ccc(C)c(Cl)c2)n1C. The molecule has 1 aromatic heterocycles. The highest BCUT2D eigenvalue weighted by molar-refractivity contribution is 7.99. The Morgan fingerprint density at radius 3 is 2.87 bits per heavy atom. The molecule has 1 amide bonds. The van der Waals surface area contributed by atoms with Gasteiger partial charge in [-0.05, 0) is 30.4 Å². The molecule has 0 unspecified atom stereocenters. The average molecular weight is 371 g/mol. The number of amides is 1. The summed E-state index contributed by atoms with van der Waals surface area (Å²) in [4.78, 5) is 12.0. The van der Waals surface area contributed by atoms with Gasteiger partial charge in [0, 0.05) is 17.8 Å². The number of benzene rings is 1. The lowest BCUT2D eigenvalue weighted by Gasteiger charge is -2.07. The molecule has 2 aromatic rings. The number of nitrogens with one attached hydrogen (secondary N) is 1. The van der Waals surface area contributed by atoms with Crippen molar-refractivity contribution in [2.75, 3.05) is 16.8 Å². The lowest BCUT2D eigenvalue weighted by Crippen LogP contribution is -2.14. The van der Waals surface area contributed by atoms with Crippen LogP contribution in [0.15, 0.2) is 23.4 Å². The van der Waals surface area contributed by atoms with Crippen molar-refractivity contribution >= 4 is 46.7 Å². The maximum absolute atomic E-state index is 12.0. The third-order valence-electron chi connectivity index (χ3n) is 3.15. The van der Waals surface area contributed by atoms with Crippen LogP contribution in [0.25, 0.3) is 0 Å². The van der Waals surface area contributed by atoms with Gasteiger partial charge >= 0.3 is 0 Å². The van der Waals surface area contributed by atoms with Gasteiger partial charge in [-0.3, -0.25) is 4.79 Å². The third kappa shape index (κ3) is 5.16. The van der Waals surface area contributed by atoms with Crippen molar-refractivity contribution in [1.82, 2.24) is 14.8 Å². The molecular formula is C15H19ClN4OS2. The Hall–Kier alpha value is -1.18. The normalized spacial score (nSPS) is 10.8. The zero-order chi connectivity index (χ0) is 16.8. The van der Waals surface area contributed by atoms with Gasteiger partial charge < -0.3 is 9.88 Å². The van der Waals surface area contributed by atoms with Gasteiger partial charge in [0.25, 0.3) is 0 Å².